The maximum Gasteiger partial charge on any atom is 0.343 e. The van der Waals surface area contributed by atoms with Crippen LogP contribution < -0.4 is 19.6 Å². The molecule has 1 amide bonds. The number of benzene rings is 3. The topological polar surface area (TPSA) is 86.2 Å². The van der Waals surface area contributed by atoms with Crippen LogP contribution in [0.1, 0.15) is 38.8 Å². The summed E-state index contributed by atoms with van der Waals surface area (Å²) in [5, 5.41) is 4.00. The van der Waals surface area contributed by atoms with E-state index in [4.69, 9.17) is 14.2 Å². The molecule has 3 aromatic rings. The number of carbonyl (C=O) groups is 2. The second-order valence-corrected chi connectivity index (χ2v) is 6.77. The van der Waals surface area contributed by atoms with Crippen LogP contribution in [0.3, 0.4) is 0 Å². The van der Waals surface area contributed by atoms with E-state index in [0.29, 0.717) is 34.8 Å². The van der Waals surface area contributed by atoms with Gasteiger partial charge in [0.05, 0.1) is 25.5 Å². The maximum atomic E-state index is 12.5. The summed E-state index contributed by atoms with van der Waals surface area (Å²) in [6, 6.07) is 18.9. The zero-order valence-electron chi connectivity index (χ0n) is 18.1. The zero-order valence-corrected chi connectivity index (χ0v) is 18.1. The van der Waals surface area contributed by atoms with Crippen molar-refractivity contribution in [2.24, 2.45) is 5.10 Å². The summed E-state index contributed by atoms with van der Waals surface area (Å²) < 4.78 is 16.2. The van der Waals surface area contributed by atoms with Crippen molar-refractivity contribution in [2.45, 2.75) is 13.8 Å². The number of ether oxygens (including phenoxy) is 3. The summed E-state index contributed by atoms with van der Waals surface area (Å²) in [6.45, 7) is 4.30. The lowest BCUT2D eigenvalue weighted by atomic mass is 10.1. The zero-order chi connectivity index (χ0) is 22.9. The molecule has 0 aliphatic heterocycles. The highest BCUT2D eigenvalue weighted by Crippen LogP contribution is 2.28. The Hall–Kier alpha value is -4.13. The molecule has 0 heterocycles. The number of hydrogen-bond donors (Lipinski definition) is 1. The van der Waals surface area contributed by atoms with Gasteiger partial charge in [-0.2, -0.15) is 5.10 Å². The van der Waals surface area contributed by atoms with Crippen LogP contribution in [0.2, 0.25) is 0 Å². The second-order valence-electron chi connectivity index (χ2n) is 6.77. The molecule has 0 saturated carbocycles. The maximum absolute atomic E-state index is 12.5. The summed E-state index contributed by atoms with van der Waals surface area (Å²) in [7, 11) is 1.48. The van der Waals surface area contributed by atoms with Gasteiger partial charge in [-0.15, -0.1) is 0 Å². The Kier molecular flexibility index (Phi) is 7.59. The molecule has 0 aliphatic carbocycles. The summed E-state index contributed by atoms with van der Waals surface area (Å²) in [4.78, 5) is 24.7. The number of nitrogens with one attached hydrogen (secondary N) is 1. The van der Waals surface area contributed by atoms with E-state index >= 15 is 0 Å². The lowest BCUT2D eigenvalue weighted by molar-refractivity contribution is 0.0729. The normalized spacial score (nSPS) is 10.6. The first kappa shape index (κ1) is 22.6. The number of nitrogens with zero attached hydrogens (tertiary/aromatic N) is 1. The highest BCUT2D eigenvalue weighted by molar-refractivity contribution is 5.96. The quantitative estimate of drug-likeness (QED) is 0.247. The fourth-order valence-electron chi connectivity index (χ4n) is 2.91. The van der Waals surface area contributed by atoms with Gasteiger partial charge in [-0.25, -0.2) is 10.2 Å². The Labute approximate surface area is 186 Å². The SMILES string of the molecule is CCOc1ccc(C(=O)Oc2ccc(/C=N/NC(=O)c3ccccc3C)cc2OC)cc1. The molecule has 0 spiro atoms. The monoisotopic (exact) mass is 432 g/mol. The number of amides is 1. The first-order valence-corrected chi connectivity index (χ1v) is 10.0. The minimum absolute atomic E-state index is 0.271. The number of esters is 1. The third-order valence-corrected chi connectivity index (χ3v) is 4.56. The largest absolute Gasteiger partial charge is 0.494 e. The van der Waals surface area contributed by atoms with Crippen molar-refractivity contribution in [3.05, 3.63) is 89.0 Å². The first-order valence-electron chi connectivity index (χ1n) is 10.0. The van der Waals surface area contributed by atoms with Gasteiger partial charge in [-0.3, -0.25) is 4.79 Å². The number of hydrazone groups is 1. The van der Waals surface area contributed by atoms with Crippen LogP contribution in [-0.2, 0) is 0 Å². The summed E-state index contributed by atoms with van der Waals surface area (Å²) >= 11 is 0. The summed E-state index contributed by atoms with van der Waals surface area (Å²) in [5.41, 5.74) is 4.97. The molecular formula is C25H24N2O5. The van der Waals surface area contributed by atoms with Gasteiger partial charge in [-0.1, -0.05) is 18.2 Å². The molecule has 0 atom stereocenters. The van der Waals surface area contributed by atoms with Gasteiger partial charge in [-0.05, 0) is 73.5 Å². The van der Waals surface area contributed by atoms with Crippen LogP contribution in [0.5, 0.6) is 17.2 Å². The van der Waals surface area contributed by atoms with Gasteiger partial charge in [0.1, 0.15) is 5.75 Å². The highest BCUT2D eigenvalue weighted by atomic mass is 16.6. The van der Waals surface area contributed by atoms with Gasteiger partial charge < -0.3 is 14.2 Å². The van der Waals surface area contributed by atoms with E-state index in [0.717, 1.165) is 5.56 Å². The molecule has 3 aromatic carbocycles. The predicted octanol–water partition coefficient (Wildman–Crippen LogP) is 4.39. The minimum Gasteiger partial charge on any atom is -0.494 e. The van der Waals surface area contributed by atoms with Crippen molar-refractivity contribution < 1.29 is 23.8 Å². The van der Waals surface area contributed by atoms with Gasteiger partial charge in [0, 0.05) is 5.56 Å². The Morgan fingerprint density at radius 2 is 1.75 bits per heavy atom. The van der Waals surface area contributed by atoms with Gasteiger partial charge in [0.25, 0.3) is 5.91 Å². The Balaban J connectivity index is 1.66. The van der Waals surface area contributed by atoms with Crippen molar-refractivity contribution >= 4 is 18.1 Å². The molecule has 0 aromatic heterocycles. The van der Waals surface area contributed by atoms with E-state index in [-0.39, 0.29) is 11.7 Å². The highest BCUT2D eigenvalue weighted by Gasteiger charge is 2.13. The van der Waals surface area contributed by atoms with Crippen LogP contribution in [0.4, 0.5) is 0 Å². The molecule has 1 N–H and O–H groups in total. The van der Waals surface area contributed by atoms with E-state index in [1.807, 2.05) is 26.0 Å². The molecular weight excluding hydrogens is 408 g/mol. The fourth-order valence-corrected chi connectivity index (χ4v) is 2.91. The molecule has 7 nitrogen and oxygen atoms in total. The number of rotatable bonds is 8. The van der Waals surface area contributed by atoms with Crippen LogP contribution in [0.15, 0.2) is 71.8 Å². The number of hydrogen-bond acceptors (Lipinski definition) is 6. The number of aryl methyl sites for hydroxylation is 1. The predicted molar refractivity (Wildman–Crippen MR) is 122 cm³/mol. The lowest BCUT2D eigenvalue weighted by Gasteiger charge is -2.10. The average molecular weight is 432 g/mol. The van der Waals surface area contributed by atoms with Gasteiger partial charge in [0.2, 0.25) is 0 Å². The Morgan fingerprint density at radius 1 is 1.00 bits per heavy atom. The summed E-state index contributed by atoms with van der Waals surface area (Å²) in [5.74, 6) is 0.496. The Bertz CT molecular complexity index is 1120. The van der Waals surface area contributed by atoms with Crippen LogP contribution in [0, 0.1) is 6.92 Å². The smallest absolute Gasteiger partial charge is 0.343 e. The van der Waals surface area contributed by atoms with E-state index < -0.39 is 5.97 Å². The molecule has 0 bridgehead atoms. The minimum atomic E-state index is -0.516. The number of carbonyl (C=O) groups excluding carboxylic acids is 2. The number of methoxy groups -OCH3 is 1. The van der Waals surface area contributed by atoms with Crippen LogP contribution >= 0.6 is 0 Å². The first-order chi connectivity index (χ1) is 15.5. The third kappa shape index (κ3) is 5.72. The van der Waals surface area contributed by atoms with Crippen LogP contribution in [-0.4, -0.2) is 31.8 Å². The standard InChI is InChI=1S/C25H24N2O5/c1-4-31-20-12-10-19(11-13-20)25(29)32-22-14-9-18(15-23(22)30-3)16-26-27-24(28)21-8-6-5-7-17(21)2/h5-16H,4H2,1-3H3,(H,27,28)/b26-16+. The van der Waals surface area contributed by atoms with Crippen molar-refractivity contribution in [1.29, 1.82) is 0 Å². The van der Waals surface area contributed by atoms with Crippen molar-refractivity contribution in [3.8, 4) is 17.2 Å². The molecule has 164 valence electrons. The molecule has 0 unspecified atom stereocenters. The third-order valence-electron chi connectivity index (χ3n) is 4.56. The molecule has 32 heavy (non-hydrogen) atoms. The molecule has 0 radical (unpaired) electrons. The van der Waals surface area contributed by atoms with Gasteiger partial charge >= 0.3 is 5.97 Å². The van der Waals surface area contributed by atoms with E-state index in [9.17, 15) is 9.59 Å². The molecule has 3 rings (SSSR count). The molecule has 7 heteroatoms. The molecule has 0 aliphatic rings. The Morgan fingerprint density at radius 3 is 2.44 bits per heavy atom. The van der Waals surface area contributed by atoms with E-state index in [2.05, 4.69) is 10.5 Å². The average Bonchev–Trinajstić information content (AvgIpc) is 2.80. The van der Waals surface area contributed by atoms with Crippen LogP contribution in [0.25, 0.3) is 0 Å². The van der Waals surface area contributed by atoms with Crippen molar-refractivity contribution in [1.82, 2.24) is 5.43 Å². The van der Waals surface area contributed by atoms with Crippen molar-refractivity contribution in [3.63, 3.8) is 0 Å². The fraction of sp³-hybridized carbons (Fsp3) is 0.160. The van der Waals surface area contributed by atoms with E-state index in [1.54, 1.807) is 54.6 Å². The second kappa shape index (κ2) is 10.8. The van der Waals surface area contributed by atoms with Crippen molar-refractivity contribution in [2.75, 3.05) is 13.7 Å². The van der Waals surface area contributed by atoms with E-state index in [1.165, 1.54) is 13.3 Å². The molecule has 0 fully saturated rings. The van der Waals surface area contributed by atoms with Gasteiger partial charge in [0.15, 0.2) is 11.5 Å². The lowest BCUT2D eigenvalue weighted by Crippen LogP contribution is -2.18. The molecule has 0 saturated heterocycles. The summed E-state index contributed by atoms with van der Waals surface area (Å²) in [6.07, 6.45) is 1.48.